The van der Waals surface area contributed by atoms with E-state index in [1.807, 2.05) is 6.92 Å². The van der Waals surface area contributed by atoms with Gasteiger partial charge in [0.1, 0.15) is 0 Å². The van der Waals surface area contributed by atoms with Crippen LogP contribution in [0.5, 0.6) is 0 Å². The first-order valence-corrected chi connectivity index (χ1v) is 9.45. The van der Waals surface area contributed by atoms with Gasteiger partial charge in [0.2, 0.25) is 0 Å². The molecule has 0 amide bonds. The van der Waals surface area contributed by atoms with Crippen LogP contribution in [-0.4, -0.2) is 58.0 Å². The maximum atomic E-state index is 13.2. The average molecular weight is 341 g/mol. The van der Waals surface area contributed by atoms with Crippen LogP contribution in [0.3, 0.4) is 0 Å². The Morgan fingerprint density at radius 1 is 1.41 bits per heavy atom. The summed E-state index contributed by atoms with van der Waals surface area (Å²) in [6.07, 6.45) is 0.167. The van der Waals surface area contributed by atoms with E-state index in [-0.39, 0.29) is 38.1 Å². The van der Waals surface area contributed by atoms with Gasteiger partial charge in [-0.05, 0) is 25.7 Å². The standard InChI is InChI=1S/C15H29O6P/c1-12-5-8-19-15(12)11-20-22(16,10-4-7-17-3)21-14-6-9-18-13(14)2/h12-15H,4-11H2,1-3H3/t12-,13+,14-,15+,22?/m0/s1/i2D,8T,9T/t8-,9-,12-,13+,14-,15+,22?. The Morgan fingerprint density at radius 3 is 2.91 bits per heavy atom. The third kappa shape index (κ3) is 5.29. The van der Waals surface area contributed by atoms with Gasteiger partial charge in [0.05, 0.1) is 33.8 Å². The third-order valence-corrected chi connectivity index (χ3v) is 5.90. The van der Waals surface area contributed by atoms with Gasteiger partial charge in [-0.2, -0.15) is 0 Å². The first kappa shape index (κ1) is 14.4. The molecule has 7 heteroatoms. The highest BCUT2D eigenvalue weighted by Gasteiger charge is 2.36. The molecule has 0 N–H and O–H groups in total. The summed E-state index contributed by atoms with van der Waals surface area (Å²) in [5.74, 6) is 0.156. The molecular formula is C15H29O6P. The third-order valence-electron chi connectivity index (χ3n) is 3.90. The lowest BCUT2D eigenvalue weighted by atomic mass is 10.1. The van der Waals surface area contributed by atoms with E-state index in [2.05, 4.69) is 0 Å². The minimum absolute atomic E-state index is 0.0542. The maximum Gasteiger partial charge on any atom is 0.331 e. The van der Waals surface area contributed by atoms with Crippen LogP contribution >= 0.6 is 7.60 Å². The molecular weight excluding hydrogens is 307 g/mol. The van der Waals surface area contributed by atoms with Crippen LogP contribution in [0.2, 0.25) is 0 Å². The van der Waals surface area contributed by atoms with E-state index in [0.29, 0.717) is 19.4 Å². The van der Waals surface area contributed by atoms with E-state index < -0.39 is 33.0 Å². The second-order valence-electron chi connectivity index (χ2n) is 5.75. The Balaban J connectivity index is 1.96. The molecule has 2 aliphatic heterocycles. The first-order valence-electron chi connectivity index (χ1n) is 9.58. The molecule has 0 aliphatic carbocycles. The smallest absolute Gasteiger partial charge is 0.331 e. The Labute approximate surface area is 137 Å². The van der Waals surface area contributed by atoms with E-state index in [1.165, 1.54) is 0 Å². The normalized spacial score (nSPS) is 43.5. The van der Waals surface area contributed by atoms with Crippen LogP contribution in [0.25, 0.3) is 0 Å². The van der Waals surface area contributed by atoms with Crippen LogP contribution in [-0.2, 0) is 27.8 Å². The fourth-order valence-corrected chi connectivity index (χ4v) is 4.21. The van der Waals surface area contributed by atoms with Gasteiger partial charge in [-0.15, -0.1) is 0 Å². The van der Waals surface area contributed by atoms with Gasteiger partial charge in [0, 0.05) is 34.7 Å². The fourth-order valence-electron chi connectivity index (χ4n) is 2.39. The number of rotatable bonds is 9. The monoisotopic (exact) mass is 341 g/mol. The van der Waals surface area contributed by atoms with E-state index in [4.69, 9.17) is 27.4 Å². The molecule has 0 radical (unpaired) electrons. The first-order chi connectivity index (χ1) is 11.9. The van der Waals surface area contributed by atoms with Gasteiger partial charge in [-0.25, -0.2) is 0 Å². The lowest BCUT2D eigenvalue weighted by molar-refractivity contribution is 0.0283. The predicted octanol–water partition coefficient (Wildman–Crippen LogP) is 2.85. The SMILES string of the molecule is [2H]C[C@H]1O[C@@H]([3H])C[C@@H]1OP(=O)(CCCOC)OC[C@H]1O[C@@H]([3H])C[C@@H]1C. The zero-order chi connectivity index (χ0) is 18.4. The van der Waals surface area contributed by atoms with Gasteiger partial charge >= 0.3 is 7.60 Å². The molecule has 0 aromatic rings. The van der Waals surface area contributed by atoms with Crippen molar-refractivity contribution in [3.05, 3.63) is 0 Å². The largest absolute Gasteiger partial charge is 0.385 e. The van der Waals surface area contributed by atoms with Crippen LogP contribution < -0.4 is 0 Å². The minimum atomic E-state index is -3.44. The molecule has 2 aliphatic rings. The highest BCUT2D eigenvalue weighted by Crippen LogP contribution is 2.51. The fraction of sp³-hybridized carbons (Fsp3) is 1.00. The molecule has 2 saturated heterocycles. The zero-order valence-electron chi connectivity index (χ0n) is 16.3. The van der Waals surface area contributed by atoms with Gasteiger partial charge in [-0.3, -0.25) is 4.57 Å². The molecule has 130 valence electrons. The van der Waals surface area contributed by atoms with Crippen molar-refractivity contribution in [3.8, 4) is 0 Å². The summed E-state index contributed by atoms with van der Waals surface area (Å²) >= 11 is 0. The number of hydrogen-bond acceptors (Lipinski definition) is 6. The summed E-state index contributed by atoms with van der Waals surface area (Å²) in [4.78, 5) is 0. The van der Waals surface area contributed by atoms with Crippen molar-refractivity contribution in [1.82, 2.24) is 0 Å². The Kier molecular flexibility index (Phi) is 5.73. The Morgan fingerprint density at radius 2 is 2.23 bits per heavy atom. The lowest BCUT2D eigenvalue weighted by Gasteiger charge is -2.25. The van der Waals surface area contributed by atoms with Crippen molar-refractivity contribution in [1.29, 1.82) is 0 Å². The molecule has 0 aromatic carbocycles. The molecule has 0 aromatic heterocycles. The van der Waals surface area contributed by atoms with E-state index in [1.54, 1.807) is 7.11 Å². The van der Waals surface area contributed by atoms with Crippen molar-refractivity contribution >= 4 is 7.60 Å². The van der Waals surface area contributed by atoms with E-state index in [9.17, 15) is 4.57 Å². The highest BCUT2D eigenvalue weighted by molar-refractivity contribution is 7.53. The van der Waals surface area contributed by atoms with Gasteiger partial charge in [0.25, 0.3) is 0 Å². The van der Waals surface area contributed by atoms with Crippen LogP contribution in [0.1, 0.15) is 37.2 Å². The summed E-state index contributed by atoms with van der Waals surface area (Å²) < 4.78 is 63.2. The van der Waals surface area contributed by atoms with Gasteiger partial charge < -0.3 is 23.3 Å². The summed E-state index contributed by atoms with van der Waals surface area (Å²) in [6, 6.07) is 0. The molecule has 2 heterocycles. The summed E-state index contributed by atoms with van der Waals surface area (Å²) in [6.45, 7) is 1.12. The van der Waals surface area contributed by atoms with Gasteiger partial charge in [0.15, 0.2) is 0 Å². The van der Waals surface area contributed by atoms with Crippen molar-refractivity contribution < 1.29 is 31.9 Å². The van der Waals surface area contributed by atoms with Crippen LogP contribution in [0, 0.1) is 5.92 Å². The topological polar surface area (TPSA) is 63.2 Å². The molecule has 0 saturated carbocycles. The summed E-state index contributed by atoms with van der Waals surface area (Å²) in [5.41, 5.74) is 0. The average Bonchev–Trinajstić information content (AvgIpc) is 3.06. The van der Waals surface area contributed by atoms with Gasteiger partial charge in [-0.1, -0.05) is 6.92 Å². The molecule has 22 heavy (non-hydrogen) atoms. The molecule has 0 spiro atoms. The molecule has 0 bridgehead atoms. The quantitative estimate of drug-likeness (QED) is 0.475. The molecule has 2 rings (SSSR count). The predicted molar refractivity (Wildman–Crippen MR) is 83.3 cm³/mol. The van der Waals surface area contributed by atoms with Crippen LogP contribution in [0.15, 0.2) is 0 Å². The minimum Gasteiger partial charge on any atom is -0.385 e. The second kappa shape index (κ2) is 8.76. The van der Waals surface area contributed by atoms with Crippen molar-refractivity contribution in [2.45, 2.75) is 51.4 Å². The Bertz CT molecular complexity index is 457. The Hall–Kier alpha value is 0.0300. The van der Waals surface area contributed by atoms with Crippen molar-refractivity contribution in [2.24, 2.45) is 5.92 Å². The number of ether oxygens (including phenoxy) is 3. The highest BCUT2D eigenvalue weighted by atomic mass is 31.2. The summed E-state index contributed by atoms with van der Waals surface area (Å²) in [7, 11) is -1.87. The molecule has 6 nitrogen and oxygen atoms in total. The maximum absolute atomic E-state index is 13.2. The van der Waals surface area contributed by atoms with Crippen molar-refractivity contribution in [3.63, 3.8) is 0 Å². The molecule has 1 unspecified atom stereocenters. The van der Waals surface area contributed by atoms with E-state index >= 15 is 0 Å². The second-order valence-corrected chi connectivity index (χ2v) is 7.89. The number of hydrogen-bond donors (Lipinski definition) is 0. The van der Waals surface area contributed by atoms with Crippen LogP contribution in [0.4, 0.5) is 0 Å². The molecule has 2 fully saturated rings. The molecule has 7 atom stereocenters. The lowest BCUT2D eigenvalue weighted by Crippen LogP contribution is -2.24. The van der Waals surface area contributed by atoms with Crippen molar-refractivity contribution in [2.75, 3.05) is 39.7 Å². The number of methoxy groups -OCH3 is 1. The van der Waals surface area contributed by atoms with E-state index in [0.717, 1.165) is 0 Å². The summed E-state index contributed by atoms with van der Waals surface area (Å²) in [5, 5.41) is 0. The zero-order valence-corrected chi connectivity index (χ0v) is 14.2.